The van der Waals surface area contributed by atoms with E-state index in [4.69, 9.17) is 0 Å². The number of piperazine rings is 1. The summed E-state index contributed by atoms with van der Waals surface area (Å²) in [6.07, 6.45) is 3.50. The summed E-state index contributed by atoms with van der Waals surface area (Å²) in [6.45, 7) is 4.89. The zero-order valence-corrected chi connectivity index (χ0v) is 17.1. The normalized spacial score (nSPS) is 14.7. The van der Waals surface area contributed by atoms with Crippen LogP contribution in [0.2, 0.25) is 0 Å². The number of amides is 1. The summed E-state index contributed by atoms with van der Waals surface area (Å²) < 4.78 is 1.67. The van der Waals surface area contributed by atoms with Crippen LogP contribution in [0.4, 0.5) is 17.1 Å². The minimum atomic E-state index is -0.414. The van der Waals surface area contributed by atoms with Gasteiger partial charge < -0.3 is 20.4 Å². The summed E-state index contributed by atoms with van der Waals surface area (Å²) in [6, 6.07) is 6.51. The highest BCUT2D eigenvalue weighted by Gasteiger charge is 2.27. The smallest absolute Gasteiger partial charge is 0.292 e. The second-order valence-corrected chi connectivity index (χ2v) is 6.78. The van der Waals surface area contributed by atoms with Gasteiger partial charge in [-0.05, 0) is 13.0 Å². The zero-order chi connectivity index (χ0) is 21.5. The highest BCUT2D eigenvalue weighted by molar-refractivity contribution is 5.98. The SMILES string of the molecule is CCNC(=NCCNc1ccccc1[N+](=O)[O-])N1CCN(c2cnn(C)c2)C(=O)C1. The van der Waals surface area contributed by atoms with Crippen molar-refractivity contribution in [2.75, 3.05) is 49.5 Å². The first-order valence-corrected chi connectivity index (χ1v) is 9.79. The Bertz CT molecular complexity index is 926. The molecule has 11 nitrogen and oxygen atoms in total. The number of nitro benzene ring substituents is 1. The average molecular weight is 414 g/mol. The van der Waals surface area contributed by atoms with E-state index < -0.39 is 4.92 Å². The molecular weight excluding hydrogens is 388 g/mol. The molecule has 1 amide bonds. The first kappa shape index (κ1) is 21.1. The summed E-state index contributed by atoms with van der Waals surface area (Å²) in [7, 11) is 1.82. The number of nitrogens with zero attached hydrogens (tertiary/aromatic N) is 6. The molecule has 0 bridgehead atoms. The second-order valence-electron chi connectivity index (χ2n) is 6.78. The van der Waals surface area contributed by atoms with Crippen LogP contribution in [0.3, 0.4) is 0 Å². The summed E-state index contributed by atoms with van der Waals surface area (Å²) in [5.74, 6) is 0.638. The number of nitrogens with one attached hydrogen (secondary N) is 2. The van der Waals surface area contributed by atoms with Crippen LogP contribution in [-0.2, 0) is 11.8 Å². The first-order chi connectivity index (χ1) is 14.5. The predicted octanol–water partition coefficient (Wildman–Crippen LogP) is 1.05. The van der Waals surface area contributed by atoms with Gasteiger partial charge in [0.1, 0.15) is 12.2 Å². The standard InChI is InChI=1S/C19H26N8O3/c1-3-20-19(22-9-8-21-16-6-4-5-7-17(16)27(29)30)25-10-11-26(18(28)14-25)15-12-23-24(2)13-15/h4-7,12-13,21H,3,8-11,14H2,1-2H3,(H,20,22). The van der Waals surface area contributed by atoms with E-state index >= 15 is 0 Å². The van der Waals surface area contributed by atoms with Crippen LogP contribution in [-0.4, -0.2) is 70.7 Å². The Morgan fingerprint density at radius 1 is 1.33 bits per heavy atom. The molecule has 0 atom stereocenters. The molecule has 0 saturated carbocycles. The van der Waals surface area contributed by atoms with Crippen LogP contribution in [0.1, 0.15) is 6.92 Å². The summed E-state index contributed by atoms with van der Waals surface area (Å²) in [5, 5.41) is 21.5. The fourth-order valence-electron chi connectivity index (χ4n) is 3.24. The monoisotopic (exact) mass is 414 g/mol. The van der Waals surface area contributed by atoms with Gasteiger partial charge in [0.2, 0.25) is 5.91 Å². The van der Waals surface area contributed by atoms with Crippen molar-refractivity contribution in [1.29, 1.82) is 0 Å². The lowest BCUT2D eigenvalue weighted by atomic mass is 10.2. The molecule has 0 aliphatic carbocycles. The van der Waals surface area contributed by atoms with E-state index in [1.54, 1.807) is 34.0 Å². The molecule has 0 radical (unpaired) electrons. The Morgan fingerprint density at radius 2 is 2.13 bits per heavy atom. The number of carbonyl (C=O) groups is 1. The van der Waals surface area contributed by atoms with E-state index in [1.807, 2.05) is 25.1 Å². The number of para-hydroxylation sites is 2. The van der Waals surface area contributed by atoms with Crippen molar-refractivity contribution in [3.05, 3.63) is 46.8 Å². The first-order valence-electron chi connectivity index (χ1n) is 9.79. The van der Waals surface area contributed by atoms with Gasteiger partial charge >= 0.3 is 0 Å². The Balaban J connectivity index is 1.58. The number of aromatic nitrogens is 2. The largest absolute Gasteiger partial charge is 0.378 e. The highest BCUT2D eigenvalue weighted by Crippen LogP contribution is 2.22. The number of carbonyl (C=O) groups excluding carboxylic acids is 1. The Labute approximate surface area is 174 Å². The van der Waals surface area contributed by atoms with Crippen molar-refractivity contribution in [1.82, 2.24) is 20.0 Å². The second kappa shape index (κ2) is 9.72. The molecular formula is C19H26N8O3. The van der Waals surface area contributed by atoms with Crippen molar-refractivity contribution in [3.8, 4) is 0 Å². The van der Waals surface area contributed by atoms with Gasteiger partial charge in [0.25, 0.3) is 5.69 Å². The maximum Gasteiger partial charge on any atom is 0.292 e. The van der Waals surface area contributed by atoms with Crippen molar-refractivity contribution in [3.63, 3.8) is 0 Å². The number of benzene rings is 1. The maximum absolute atomic E-state index is 12.6. The van der Waals surface area contributed by atoms with Gasteiger partial charge in [0, 0.05) is 45.5 Å². The van der Waals surface area contributed by atoms with Crippen LogP contribution in [0, 0.1) is 10.1 Å². The lowest BCUT2D eigenvalue weighted by Gasteiger charge is -2.35. The lowest BCUT2D eigenvalue weighted by Crippen LogP contribution is -2.55. The topological polar surface area (TPSA) is 121 Å². The van der Waals surface area contributed by atoms with Gasteiger partial charge in [-0.2, -0.15) is 5.10 Å². The fraction of sp³-hybridized carbons (Fsp3) is 0.421. The van der Waals surface area contributed by atoms with Crippen LogP contribution in [0.15, 0.2) is 41.7 Å². The number of nitro groups is 1. The molecule has 0 spiro atoms. The highest BCUT2D eigenvalue weighted by atomic mass is 16.6. The lowest BCUT2D eigenvalue weighted by molar-refractivity contribution is -0.384. The molecule has 3 rings (SSSR count). The van der Waals surface area contributed by atoms with E-state index in [0.717, 1.165) is 5.69 Å². The van der Waals surface area contributed by atoms with Crippen molar-refractivity contribution < 1.29 is 9.72 Å². The Morgan fingerprint density at radius 3 is 2.80 bits per heavy atom. The van der Waals surface area contributed by atoms with Gasteiger partial charge in [0.05, 0.1) is 23.4 Å². The molecule has 1 aromatic carbocycles. The van der Waals surface area contributed by atoms with Gasteiger partial charge in [-0.25, -0.2) is 0 Å². The summed E-state index contributed by atoms with van der Waals surface area (Å²) in [4.78, 5) is 31.5. The Hall–Kier alpha value is -3.63. The number of hydrogen-bond donors (Lipinski definition) is 2. The number of guanidine groups is 1. The molecule has 1 aliphatic rings. The van der Waals surface area contributed by atoms with E-state index in [2.05, 4.69) is 20.7 Å². The quantitative estimate of drug-likeness (QED) is 0.228. The van der Waals surface area contributed by atoms with Crippen LogP contribution in [0.5, 0.6) is 0 Å². The van der Waals surface area contributed by atoms with Crippen LogP contribution in [0.25, 0.3) is 0 Å². The van der Waals surface area contributed by atoms with Crippen molar-refractivity contribution in [2.24, 2.45) is 12.0 Å². The molecule has 11 heteroatoms. The summed E-state index contributed by atoms with van der Waals surface area (Å²) >= 11 is 0. The maximum atomic E-state index is 12.6. The van der Waals surface area contributed by atoms with E-state index in [0.29, 0.717) is 44.4 Å². The number of rotatable bonds is 7. The molecule has 2 aromatic rings. The molecule has 2 N–H and O–H groups in total. The minimum absolute atomic E-state index is 0.0158. The number of aryl methyl sites for hydroxylation is 1. The van der Waals surface area contributed by atoms with Crippen molar-refractivity contribution >= 4 is 28.9 Å². The third-order valence-electron chi connectivity index (χ3n) is 4.65. The third-order valence-corrected chi connectivity index (χ3v) is 4.65. The summed E-state index contributed by atoms with van der Waals surface area (Å²) in [5.41, 5.74) is 1.28. The molecule has 1 fully saturated rings. The van der Waals surface area contributed by atoms with Gasteiger partial charge in [-0.1, -0.05) is 12.1 Å². The molecule has 30 heavy (non-hydrogen) atoms. The average Bonchev–Trinajstić information content (AvgIpc) is 3.16. The number of anilines is 2. The molecule has 1 aromatic heterocycles. The zero-order valence-electron chi connectivity index (χ0n) is 17.1. The fourth-order valence-corrected chi connectivity index (χ4v) is 3.24. The molecule has 1 saturated heterocycles. The third kappa shape index (κ3) is 5.04. The number of aliphatic imine (C=N–C) groups is 1. The van der Waals surface area contributed by atoms with Gasteiger partial charge in [0.15, 0.2) is 5.96 Å². The van der Waals surface area contributed by atoms with Gasteiger partial charge in [-0.15, -0.1) is 0 Å². The van der Waals surface area contributed by atoms with Gasteiger partial charge in [-0.3, -0.25) is 24.6 Å². The molecule has 160 valence electrons. The number of hydrogen-bond acceptors (Lipinski definition) is 6. The molecule has 1 aliphatic heterocycles. The van der Waals surface area contributed by atoms with Crippen molar-refractivity contribution in [2.45, 2.75) is 6.92 Å². The minimum Gasteiger partial charge on any atom is -0.378 e. The molecule has 0 unspecified atom stereocenters. The molecule has 2 heterocycles. The van der Waals surface area contributed by atoms with Crippen LogP contribution >= 0.6 is 0 Å². The Kier molecular flexibility index (Phi) is 6.83. The van der Waals surface area contributed by atoms with E-state index in [-0.39, 0.29) is 18.1 Å². The van der Waals surface area contributed by atoms with Crippen LogP contribution < -0.4 is 15.5 Å². The van der Waals surface area contributed by atoms with E-state index in [9.17, 15) is 14.9 Å². The van der Waals surface area contributed by atoms with E-state index in [1.165, 1.54) is 6.07 Å². The predicted molar refractivity (Wildman–Crippen MR) is 115 cm³/mol.